The van der Waals surface area contributed by atoms with E-state index >= 15 is 0 Å². The van der Waals surface area contributed by atoms with Crippen LogP contribution in [-0.4, -0.2) is 20.9 Å². The minimum Gasteiger partial charge on any atom is -0.387 e. The van der Waals surface area contributed by atoms with E-state index in [1.165, 1.54) is 6.92 Å². The summed E-state index contributed by atoms with van der Waals surface area (Å²) in [6.45, 7) is 4.88. The molecule has 0 radical (unpaired) electrons. The number of aromatic nitrogens is 3. The Hall–Kier alpha value is -2.18. The predicted molar refractivity (Wildman–Crippen MR) is 49.1 cm³/mol. The minimum atomic E-state index is -0.644. The SMILES string of the molecule is C=C(C)C(=O)Oc1nc(N)nc(N)n1. The molecule has 7 nitrogen and oxygen atoms in total. The maximum atomic E-state index is 11.0. The van der Waals surface area contributed by atoms with Crippen LogP contribution in [0.5, 0.6) is 6.01 Å². The van der Waals surface area contributed by atoms with Crippen molar-refractivity contribution < 1.29 is 9.53 Å². The first-order chi connectivity index (χ1) is 6.49. The summed E-state index contributed by atoms with van der Waals surface area (Å²) in [6.07, 6.45) is 0. The van der Waals surface area contributed by atoms with Crippen LogP contribution in [-0.2, 0) is 4.79 Å². The smallest absolute Gasteiger partial charge is 0.340 e. The highest BCUT2D eigenvalue weighted by Crippen LogP contribution is 2.07. The lowest BCUT2D eigenvalue weighted by Gasteiger charge is -2.02. The normalized spacial score (nSPS) is 9.50. The van der Waals surface area contributed by atoms with Gasteiger partial charge < -0.3 is 16.2 Å². The number of hydrogen-bond donors (Lipinski definition) is 2. The molecule has 1 aromatic rings. The van der Waals surface area contributed by atoms with Crippen LogP contribution < -0.4 is 16.2 Å². The molecule has 1 aromatic heterocycles. The third-order valence-corrected chi connectivity index (χ3v) is 1.18. The van der Waals surface area contributed by atoms with Crippen LogP contribution in [0, 0.1) is 0 Å². The van der Waals surface area contributed by atoms with Crippen molar-refractivity contribution in [2.75, 3.05) is 11.5 Å². The van der Waals surface area contributed by atoms with Gasteiger partial charge in [0.2, 0.25) is 11.9 Å². The Morgan fingerprint density at radius 1 is 1.29 bits per heavy atom. The summed E-state index contributed by atoms with van der Waals surface area (Å²) in [5.74, 6) is -0.862. The first-order valence-corrected chi connectivity index (χ1v) is 3.63. The number of esters is 1. The molecule has 0 bridgehead atoms. The summed E-state index contributed by atoms with van der Waals surface area (Å²) in [6, 6.07) is -0.233. The molecule has 74 valence electrons. The number of nitrogens with zero attached hydrogens (tertiary/aromatic N) is 3. The molecule has 0 amide bonds. The quantitative estimate of drug-likeness (QED) is 0.483. The van der Waals surface area contributed by atoms with E-state index in [0.29, 0.717) is 0 Å². The Morgan fingerprint density at radius 3 is 2.21 bits per heavy atom. The van der Waals surface area contributed by atoms with Crippen LogP contribution in [0.3, 0.4) is 0 Å². The van der Waals surface area contributed by atoms with Gasteiger partial charge in [-0.25, -0.2) is 4.79 Å². The van der Waals surface area contributed by atoms with E-state index in [9.17, 15) is 4.79 Å². The minimum absolute atomic E-state index is 0.109. The molecule has 0 aromatic carbocycles. The Labute approximate surface area is 79.8 Å². The van der Waals surface area contributed by atoms with E-state index in [2.05, 4.69) is 26.3 Å². The molecule has 0 saturated heterocycles. The summed E-state index contributed by atoms with van der Waals surface area (Å²) in [5, 5.41) is 0. The van der Waals surface area contributed by atoms with Gasteiger partial charge in [-0.05, 0) is 6.92 Å². The Bertz CT molecular complexity index is 369. The lowest BCUT2D eigenvalue weighted by atomic mass is 10.4. The predicted octanol–water partition coefficient (Wildman–Crippen LogP) is -0.483. The topological polar surface area (TPSA) is 117 Å². The molecule has 0 aliphatic heterocycles. The van der Waals surface area contributed by atoms with Crippen molar-refractivity contribution in [1.82, 2.24) is 15.0 Å². The zero-order valence-electron chi connectivity index (χ0n) is 7.52. The first kappa shape index (κ1) is 9.90. The van der Waals surface area contributed by atoms with Crippen molar-refractivity contribution in [1.29, 1.82) is 0 Å². The van der Waals surface area contributed by atoms with Gasteiger partial charge in [-0.15, -0.1) is 0 Å². The van der Waals surface area contributed by atoms with Crippen molar-refractivity contribution in [2.45, 2.75) is 6.92 Å². The van der Waals surface area contributed by atoms with E-state index in [0.717, 1.165) is 0 Å². The highest BCUT2D eigenvalue weighted by molar-refractivity contribution is 5.88. The average Bonchev–Trinajstić information content (AvgIpc) is 2.01. The number of rotatable bonds is 2. The first-order valence-electron chi connectivity index (χ1n) is 3.63. The second-order valence-electron chi connectivity index (χ2n) is 2.50. The fourth-order valence-corrected chi connectivity index (χ4v) is 0.604. The van der Waals surface area contributed by atoms with Gasteiger partial charge in [0.05, 0.1) is 0 Å². The fraction of sp³-hybridized carbons (Fsp3) is 0.143. The highest BCUT2D eigenvalue weighted by Gasteiger charge is 2.09. The molecule has 1 heterocycles. The van der Waals surface area contributed by atoms with Crippen molar-refractivity contribution in [3.05, 3.63) is 12.2 Å². The second kappa shape index (κ2) is 3.69. The summed E-state index contributed by atoms with van der Waals surface area (Å²) in [5.41, 5.74) is 10.7. The molecule has 7 heteroatoms. The number of anilines is 2. The van der Waals surface area contributed by atoms with E-state index in [4.69, 9.17) is 11.5 Å². The number of nitrogen functional groups attached to an aromatic ring is 2. The van der Waals surface area contributed by atoms with Crippen molar-refractivity contribution in [3.8, 4) is 6.01 Å². The van der Waals surface area contributed by atoms with Crippen LogP contribution >= 0.6 is 0 Å². The molecular weight excluding hydrogens is 186 g/mol. The molecular formula is C7H9N5O2. The lowest BCUT2D eigenvalue weighted by Crippen LogP contribution is -2.13. The van der Waals surface area contributed by atoms with Gasteiger partial charge in [0.15, 0.2) is 0 Å². The number of ether oxygens (including phenoxy) is 1. The van der Waals surface area contributed by atoms with E-state index in [1.54, 1.807) is 0 Å². The average molecular weight is 195 g/mol. The Balaban J connectivity index is 2.87. The zero-order valence-corrected chi connectivity index (χ0v) is 7.52. The molecule has 0 aliphatic carbocycles. The molecule has 0 fully saturated rings. The summed E-state index contributed by atoms with van der Waals surface area (Å²) >= 11 is 0. The molecule has 14 heavy (non-hydrogen) atoms. The standard InChI is InChI=1S/C7H9N5O2/c1-3(2)4(13)14-7-11-5(8)10-6(9)12-7/h1H2,2H3,(H4,8,9,10,11,12). The van der Waals surface area contributed by atoms with Gasteiger partial charge in [-0.3, -0.25) is 0 Å². The van der Waals surface area contributed by atoms with Crippen LogP contribution in [0.4, 0.5) is 11.9 Å². The van der Waals surface area contributed by atoms with E-state index in [-0.39, 0.29) is 23.5 Å². The molecule has 0 atom stereocenters. The van der Waals surface area contributed by atoms with Gasteiger partial charge in [0.1, 0.15) is 0 Å². The zero-order chi connectivity index (χ0) is 10.7. The van der Waals surface area contributed by atoms with Crippen molar-refractivity contribution in [2.24, 2.45) is 0 Å². The van der Waals surface area contributed by atoms with Gasteiger partial charge >= 0.3 is 12.0 Å². The third kappa shape index (κ3) is 2.41. The summed E-state index contributed by atoms with van der Waals surface area (Å²) in [4.78, 5) is 21.6. The van der Waals surface area contributed by atoms with Crippen molar-refractivity contribution in [3.63, 3.8) is 0 Å². The lowest BCUT2D eigenvalue weighted by molar-refractivity contribution is -0.130. The van der Waals surface area contributed by atoms with Gasteiger partial charge in [-0.2, -0.15) is 15.0 Å². The van der Waals surface area contributed by atoms with Crippen LogP contribution in [0.1, 0.15) is 6.92 Å². The number of hydrogen-bond acceptors (Lipinski definition) is 7. The molecule has 4 N–H and O–H groups in total. The third-order valence-electron chi connectivity index (χ3n) is 1.18. The van der Waals surface area contributed by atoms with Crippen LogP contribution in [0.2, 0.25) is 0 Å². The van der Waals surface area contributed by atoms with Crippen LogP contribution in [0.25, 0.3) is 0 Å². The molecule has 1 rings (SSSR count). The van der Waals surface area contributed by atoms with Crippen LogP contribution in [0.15, 0.2) is 12.2 Å². The second-order valence-corrected chi connectivity index (χ2v) is 2.50. The highest BCUT2D eigenvalue weighted by atomic mass is 16.5. The van der Waals surface area contributed by atoms with Crippen molar-refractivity contribution >= 4 is 17.9 Å². The molecule has 0 aliphatic rings. The monoisotopic (exact) mass is 195 g/mol. The van der Waals surface area contributed by atoms with E-state index < -0.39 is 5.97 Å². The van der Waals surface area contributed by atoms with E-state index in [1.807, 2.05) is 0 Å². The summed E-state index contributed by atoms with van der Waals surface area (Å²) < 4.78 is 4.68. The largest absolute Gasteiger partial charge is 0.387 e. The molecule has 0 saturated carbocycles. The number of carbonyl (C=O) groups is 1. The Morgan fingerprint density at radius 2 is 1.79 bits per heavy atom. The number of carbonyl (C=O) groups excluding carboxylic acids is 1. The van der Waals surface area contributed by atoms with Gasteiger partial charge in [-0.1, -0.05) is 6.58 Å². The number of nitrogens with two attached hydrogens (primary N) is 2. The Kier molecular flexibility index (Phi) is 2.61. The maximum Gasteiger partial charge on any atom is 0.340 e. The fourth-order valence-electron chi connectivity index (χ4n) is 0.604. The van der Waals surface area contributed by atoms with Gasteiger partial charge in [0, 0.05) is 5.57 Å². The molecule has 0 unspecified atom stereocenters. The summed E-state index contributed by atoms with van der Waals surface area (Å²) in [7, 11) is 0. The maximum absolute atomic E-state index is 11.0. The molecule has 0 spiro atoms. The van der Waals surface area contributed by atoms with Gasteiger partial charge in [0.25, 0.3) is 0 Å².